The van der Waals surface area contributed by atoms with Crippen molar-refractivity contribution < 1.29 is 27.5 Å². The second-order valence-corrected chi connectivity index (χ2v) is 8.51. The molecule has 0 saturated carbocycles. The monoisotopic (exact) mass is 403 g/mol. The normalized spacial score (nSPS) is 15.8. The third-order valence-corrected chi connectivity index (χ3v) is 5.84. The highest BCUT2D eigenvalue weighted by molar-refractivity contribution is 7.92. The number of hydrogen-bond acceptors (Lipinski definition) is 6. The molecule has 28 heavy (non-hydrogen) atoms. The number of rotatable bonds is 6. The molecule has 0 amide bonds. The molecule has 1 aliphatic heterocycles. The second kappa shape index (κ2) is 7.63. The van der Waals surface area contributed by atoms with E-state index in [1.165, 1.54) is 17.5 Å². The number of carbonyl (C=O) groups excluding carboxylic acids is 2. The Balaban J connectivity index is 1.73. The fraction of sp³-hybridized carbons (Fsp3) is 0.300. The minimum absolute atomic E-state index is 0.219. The smallest absolute Gasteiger partial charge is 0.338 e. The zero-order chi connectivity index (χ0) is 20.5. The van der Waals surface area contributed by atoms with Crippen molar-refractivity contribution in [2.24, 2.45) is 0 Å². The van der Waals surface area contributed by atoms with Crippen LogP contribution in [0.15, 0.2) is 42.5 Å². The van der Waals surface area contributed by atoms with Crippen molar-refractivity contribution in [3.05, 3.63) is 59.2 Å². The maximum Gasteiger partial charge on any atom is 0.338 e. The van der Waals surface area contributed by atoms with Crippen molar-refractivity contribution in [3.8, 4) is 5.75 Å². The number of carbonyl (C=O) groups is 2. The van der Waals surface area contributed by atoms with Gasteiger partial charge in [-0.1, -0.05) is 12.1 Å². The number of methoxy groups -OCH3 is 1. The summed E-state index contributed by atoms with van der Waals surface area (Å²) in [5, 5.41) is 0. The fourth-order valence-electron chi connectivity index (χ4n) is 3.40. The first-order valence-electron chi connectivity index (χ1n) is 8.68. The van der Waals surface area contributed by atoms with Gasteiger partial charge < -0.3 is 9.47 Å². The molecule has 1 aliphatic rings. The highest BCUT2D eigenvalue weighted by Crippen LogP contribution is 2.34. The van der Waals surface area contributed by atoms with Gasteiger partial charge in [0.15, 0.2) is 6.61 Å². The molecule has 0 saturated heterocycles. The number of para-hydroxylation sites is 1. The molecule has 0 unspecified atom stereocenters. The van der Waals surface area contributed by atoms with E-state index in [4.69, 9.17) is 9.47 Å². The van der Waals surface area contributed by atoms with Gasteiger partial charge in [-0.15, -0.1) is 0 Å². The van der Waals surface area contributed by atoms with Gasteiger partial charge in [0.25, 0.3) is 0 Å². The van der Waals surface area contributed by atoms with Crippen molar-refractivity contribution in [2.45, 2.75) is 19.4 Å². The lowest BCUT2D eigenvalue weighted by atomic mass is 10.1. The van der Waals surface area contributed by atoms with Gasteiger partial charge in [0.2, 0.25) is 15.8 Å². The molecule has 8 heteroatoms. The van der Waals surface area contributed by atoms with E-state index < -0.39 is 22.6 Å². The van der Waals surface area contributed by atoms with Crippen molar-refractivity contribution in [3.63, 3.8) is 0 Å². The Morgan fingerprint density at radius 3 is 2.57 bits per heavy atom. The summed E-state index contributed by atoms with van der Waals surface area (Å²) in [6.07, 6.45) is 1.66. The molecule has 0 aromatic heterocycles. The highest BCUT2D eigenvalue weighted by Gasteiger charge is 2.33. The standard InChI is InChI=1S/C20H21NO6S/c1-13-10-15-11-14(8-9-17(15)21(13)28(3,24)25)20(23)27-12-18(22)16-6-4-5-7-19(16)26-2/h4-9,11,13H,10,12H2,1-3H3/t13-/m1/s1. The van der Waals surface area contributed by atoms with E-state index in [2.05, 4.69) is 0 Å². The van der Waals surface area contributed by atoms with Crippen molar-refractivity contribution in [1.82, 2.24) is 0 Å². The zero-order valence-corrected chi connectivity index (χ0v) is 16.7. The Labute approximate surface area is 163 Å². The molecule has 7 nitrogen and oxygen atoms in total. The predicted molar refractivity (Wildman–Crippen MR) is 105 cm³/mol. The first-order valence-corrected chi connectivity index (χ1v) is 10.5. The third-order valence-electron chi connectivity index (χ3n) is 4.57. The molecule has 0 spiro atoms. The van der Waals surface area contributed by atoms with Crippen LogP contribution in [0.2, 0.25) is 0 Å². The second-order valence-electron chi connectivity index (χ2n) is 6.66. The van der Waals surface area contributed by atoms with Crippen LogP contribution in [0.3, 0.4) is 0 Å². The van der Waals surface area contributed by atoms with Gasteiger partial charge in [0.1, 0.15) is 5.75 Å². The van der Waals surface area contributed by atoms with Gasteiger partial charge in [-0.05, 0) is 49.2 Å². The van der Waals surface area contributed by atoms with Crippen LogP contribution in [-0.2, 0) is 21.2 Å². The van der Waals surface area contributed by atoms with Gasteiger partial charge in [-0.3, -0.25) is 9.10 Å². The van der Waals surface area contributed by atoms with Gasteiger partial charge in [-0.2, -0.15) is 0 Å². The molecule has 0 fully saturated rings. The molecule has 0 aliphatic carbocycles. The number of fused-ring (bicyclic) bond motifs is 1. The van der Waals surface area contributed by atoms with Gasteiger partial charge in [-0.25, -0.2) is 13.2 Å². The van der Waals surface area contributed by atoms with E-state index in [0.29, 0.717) is 23.4 Å². The van der Waals surface area contributed by atoms with Crippen LogP contribution in [0.1, 0.15) is 33.2 Å². The summed E-state index contributed by atoms with van der Waals surface area (Å²) >= 11 is 0. The van der Waals surface area contributed by atoms with E-state index in [1.54, 1.807) is 36.4 Å². The van der Waals surface area contributed by atoms with Crippen LogP contribution in [0.5, 0.6) is 5.75 Å². The number of ketones is 1. The topological polar surface area (TPSA) is 90.0 Å². The minimum atomic E-state index is -3.40. The molecular weight excluding hydrogens is 382 g/mol. The van der Waals surface area contributed by atoms with Crippen LogP contribution >= 0.6 is 0 Å². The summed E-state index contributed by atoms with van der Waals surface area (Å²) in [6, 6.07) is 11.2. The van der Waals surface area contributed by atoms with Crippen LogP contribution in [0.4, 0.5) is 5.69 Å². The zero-order valence-electron chi connectivity index (χ0n) is 15.8. The predicted octanol–water partition coefficient (Wildman–Crippen LogP) is 2.45. The quantitative estimate of drug-likeness (QED) is 0.544. The first kappa shape index (κ1) is 19.9. The molecule has 0 radical (unpaired) electrons. The Kier molecular flexibility index (Phi) is 5.42. The number of benzene rings is 2. The number of hydrogen-bond donors (Lipinski definition) is 0. The molecule has 1 atom stereocenters. The van der Waals surface area contributed by atoms with Gasteiger partial charge in [0, 0.05) is 6.04 Å². The summed E-state index contributed by atoms with van der Waals surface area (Å²) in [5.74, 6) is -0.601. The van der Waals surface area contributed by atoms with Crippen LogP contribution in [-0.4, -0.2) is 46.2 Å². The molecule has 3 rings (SSSR count). The third kappa shape index (κ3) is 3.87. The Morgan fingerprint density at radius 1 is 1.18 bits per heavy atom. The highest BCUT2D eigenvalue weighted by atomic mass is 32.2. The van der Waals surface area contributed by atoms with E-state index in [0.717, 1.165) is 11.8 Å². The lowest BCUT2D eigenvalue weighted by Crippen LogP contribution is -2.34. The number of nitrogens with zero attached hydrogens (tertiary/aromatic N) is 1. The molecule has 1 heterocycles. The van der Waals surface area contributed by atoms with E-state index in [-0.39, 0.29) is 17.4 Å². The van der Waals surface area contributed by atoms with Crippen molar-refractivity contribution >= 4 is 27.5 Å². The van der Waals surface area contributed by atoms with Crippen LogP contribution in [0, 0.1) is 0 Å². The minimum Gasteiger partial charge on any atom is -0.496 e. The average Bonchev–Trinajstić information content (AvgIpc) is 3.00. The molecule has 0 bridgehead atoms. The van der Waals surface area contributed by atoms with Crippen molar-refractivity contribution in [1.29, 1.82) is 0 Å². The number of anilines is 1. The number of esters is 1. The Hall–Kier alpha value is -2.87. The fourth-order valence-corrected chi connectivity index (χ4v) is 4.67. The van der Waals surface area contributed by atoms with E-state index in [9.17, 15) is 18.0 Å². The molecule has 148 valence electrons. The number of sulfonamides is 1. The van der Waals surface area contributed by atoms with Gasteiger partial charge >= 0.3 is 5.97 Å². The number of Topliss-reactive ketones (excluding diaryl/α,β-unsaturated/α-hetero) is 1. The molecular formula is C20H21NO6S. The lowest BCUT2D eigenvalue weighted by Gasteiger charge is -2.21. The number of ether oxygens (including phenoxy) is 2. The van der Waals surface area contributed by atoms with E-state index >= 15 is 0 Å². The molecule has 2 aromatic carbocycles. The summed E-state index contributed by atoms with van der Waals surface area (Å²) in [6.45, 7) is 1.40. The largest absolute Gasteiger partial charge is 0.496 e. The van der Waals surface area contributed by atoms with Gasteiger partial charge in [0.05, 0.1) is 30.2 Å². The van der Waals surface area contributed by atoms with E-state index in [1.807, 2.05) is 6.92 Å². The molecule has 0 N–H and O–H groups in total. The summed E-state index contributed by atoms with van der Waals surface area (Å²) in [7, 11) is -1.93. The van der Waals surface area contributed by atoms with Crippen molar-refractivity contribution in [2.75, 3.05) is 24.3 Å². The summed E-state index contributed by atoms with van der Waals surface area (Å²) in [5.41, 5.74) is 1.93. The van der Waals surface area contributed by atoms with Crippen LogP contribution in [0.25, 0.3) is 0 Å². The average molecular weight is 403 g/mol. The maximum atomic E-state index is 12.4. The maximum absolute atomic E-state index is 12.4. The molecule has 2 aromatic rings. The lowest BCUT2D eigenvalue weighted by molar-refractivity contribution is 0.0474. The Bertz CT molecular complexity index is 1030. The SMILES string of the molecule is COc1ccccc1C(=O)COC(=O)c1ccc2c(c1)C[C@@H](C)N2S(C)(=O)=O. The summed E-state index contributed by atoms with van der Waals surface area (Å²) in [4.78, 5) is 24.7. The summed E-state index contributed by atoms with van der Waals surface area (Å²) < 4.78 is 35.6. The van der Waals surface area contributed by atoms with Crippen LogP contribution < -0.4 is 9.04 Å². The first-order chi connectivity index (χ1) is 13.2. The Morgan fingerprint density at radius 2 is 1.89 bits per heavy atom.